The molecule has 106 valence electrons. The highest BCUT2D eigenvalue weighted by molar-refractivity contribution is 5.87. The van der Waals surface area contributed by atoms with E-state index in [1.165, 1.54) is 31.4 Å². The van der Waals surface area contributed by atoms with Crippen LogP contribution in [0.25, 0.3) is 0 Å². The van der Waals surface area contributed by atoms with Gasteiger partial charge in [-0.05, 0) is 30.7 Å². The van der Waals surface area contributed by atoms with Crippen LogP contribution in [-0.4, -0.2) is 30.9 Å². The number of aromatic carboxylic acids is 1. The summed E-state index contributed by atoms with van der Waals surface area (Å²) < 4.78 is 10.9. The van der Waals surface area contributed by atoms with Crippen molar-refractivity contribution in [2.75, 3.05) is 19.8 Å². The first kappa shape index (κ1) is 15.5. The van der Waals surface area contributed by atoms with Crippen LogP contribution in [0.15, 0.2) is 24.3 Å². The van der Waals surface area contributed by atoms with Crippen molar-refractivity contribution in [2.45, 2.75) is 32.6 Å². The number of hydrogen-bond acceptors (Lipinski definition) is 3. The maximum absolute atomic E-state index is 10.7. The van der Waals surface area contributed by atoms with Crippen molar-refractivity contribution in [3.8, 4) is 5.75 Å². The summed E-state index contributed by atoms with van der Waals surface area (Å²) in [5, 5.41) is 8.75. The fourth-order valence-electron chi connectivity index (χ4n) is 1.65. The first-order valence-electron chi connectivity index (χ1n) is 6.78. The lowest BCUT2D eigenvalue weighted by atomic mass is 10.2. The molecule has 1 N–H and O–H groups in total. The molecule has 0 aliphatic carbocycles. The molecule has 0 unspecified atom stereocenters. The SMILES string of the molecule is CCCCCCOCCOc1ccc(C(=O)O)cc1. The zero-order valence-corrected chi connectivity index (χ0v) is 11.4. The third kappa shape index (κ3) is 6.82. The van der Waals surface area contributed by atoms with E-state index in [4.69, 9.17) is 14.6 Å². The van der Waals surface area contributed by atoms with Crippen LogP contribution in [0.4, 0.5) is 0 Å². The van der Waals surface area contributed by atoms with Crippen molar-refractivity contribution in [3.05, 3.63) is 29.8 Å². The van der Waals surface area contributed by atoms with E-state index in [1.807, 2.05) is 0 Å². The van der Waals surface area contributed by atoms with E-state index in [9.17, 15) is 4.79 Å². The molecular weight excluding hydrogens is 244 g/mol. The Balaban J connectivity index is 2.07. The monoisotopic (exact) mass is 266 g/mol. The van der Waals surface area contributed by atoms with E-state index in [1.54, 1.807) is 12.1 Å². The maximum Gasteiger partial charge on any atom is 0.335 e. The minimum absolute atomic E-state index is 0.263. The third-order valence-corrected chi connectivity index (χ3v) is 2.74. The number of benzene rings is 1. The van der Waals surface area contributed by atoms with Gasteiger partial charge in [0.1, 0.15) is 12.4 Å². The topological polar surface area (TPSA) is 55.8 Å². The van der Waals surface area contributed by atoms with Gasteiger partial charge in [-0.1, -0.05) is 26.2 Å². The van der Waals surface area contributed by atoms with Gasteiger partial charge in [-0.25, -0.2) is 4.79 Å². The van der Waals surface area contributed by atoms with Crippen molar-refractivity contribution < 1.29 is 19.4 Å². The second kappa shape index (κ2) is 9.39. The first-order valence-corrected chi connectivity index (χ1v) is 6.78. The van der Waals surface area contributed by atoms with E-state index < -0.39 is 5.97 Å². The van der Waals surface area contributed by atoms with Gasteiger partial charge in [0.2, 0.25) is 0 Å². The van der Waals surface area contributed by atoms with Gasteiger partial charge < -0.3 is 14.6 Å². The molecule has 0 saturated heterocycles. The molecule has 0 spiro atoms. The Morgan fingerprint density at radius 3 is 2.42 bits per heavy atom. The molecule has 0 aromatic heterocycles. The number of carboxylic acids is 1. The number of rotatable bonds is 10. The fourth-order valence-corrected chi connectivity index (χ4v) is 1.65. The standard InChI is InChI=1S/C15H22O4/c1-2-3-4-5-10-18-11-12-19-14-8-6-13(7-9-14)15(16)17/h6-9H,2-5,10-12H2,1H3,(H,16,17). The number of carboxylic acid groups (broad SMARTS) is 1. The van der Waals surface area contributed by atoms with E-state index >= 15 is 0 Å². The minimum atomic E-state index is -0.929. The van der Waals surface area contributed by atoms with Gasteiger partial charge in [-0.2, -0.15) is 0 Å². The van der Waals surface area contributed by atoms with Crippen LogP contribution in [0.3, 0.4) is 0 Å². The van der Waals surface area contributed by atoms with Crippen molar-refractivity contribution in [2.24, 2.45) is 0 Å². The van der Waals surface area contributed by atoms with Gasteiger partial charge in [0, 0.05) is 6.61 Å². The van der Waals surface area contributed by atoms with Gasteiger partial charge >= 0.3 is 5.97 Å². The van der Waals surface area contributed by atoms with E-state index in [-0.39, 0.29) is 5.56 Å². The van der Waals surface area contributed by atoms with Crippen LogP contribution < -0.4 is 4.74 Å². The van der Waals surface area contributed by atoms with E-state index in [0.29, 0.717) is 19.0 Å². The number of hydrogen-bond donors (Lipinski definition) is 1. The van der Waals surface area contributed by atoms with Crippen molar-refractivity contribution in [1.82, 2.24) is 0 Å². The van der Waals surface area contributed by atoms with E-state index in [0.717, 1.165) is 13.0 Å². The molecule has 0 saturated carbocycles. The van der Waals surface area contributed by atoms with Crippen LogP contribution in [0.1, 0.15) is 43.0 Å². The van der Waals surface area contributed by atoms with Gasteiger partial charge in [0.05, 0.1) is 12.2 Å². The van der Waals surface area contributed by atoms with Gasteiger partial charge in [0.15, 0.2) is 0 Å². The van der Waals surface area contributed by atoms with Crippen molar-refractivity contribution in [3.63, 3.8) is 0 Å². The zero-order valence-electron chi connectivity index (χ0n) is 11.4. The molecule has 1 aromatic carbocycles. The molecule has 4 nitrogen and oxygen atoms in total. The molecule has 0 radical (unpaired) electrons. The second-order valence-electron chi connectivity index (χ2n) is 4.35. The molecule has 0 amide bonds. The lowest BCUT2D eigenvalue weighted by Crippen LogP contribution is -2.07. The molecule has 4 heteroatoms. The summed E-state index contributed by atoms with van der Waals surface area (Å²) in [7, 11) is 0. The normalized spacial score (nSPS) is 10.4. The molecule has 0 atom stereocenters. The molecule has 0 aliphatic heterocycles. The number of ether oxygens (including phenoxy) is 2. The average Bonchev–Trinajstić information content (AvgIpc) is 2.42. The van der Waals surface area contributed by atoms with Gasteiger partial charge in [-0.3, -0.25) is 0 Å². The van der Waals surface area contributed by atoms with Crippen LogP contribution in [0.2, 0.25) is 0 Å². The Hall–Kier alpha value is -1.55. The van der Waals surface area contributed by atoms with Gasteiger partial charge in [-0.15, -0.1) is 0 Å². The van der Waals surface area contributed by atoms with Crippen molar-refractivity contribution >= 4 is 5.97 Å². The van der Waals surface area contributed by atoms with Crippen molar-refractivity contribution in [1.29, 1.82) is 0 Å². The summed E-state index contributed by atoms with van der Waals surface area (Å²) in [6.07, 6.45) is 4.81. The average molecular weight is 266 g/mol. The Labute approximate surface area is 114 Å². The highest BCUT2D eigenvalue weighted by Crippen LogP contribution is 2.11. The molecule has 0 bridgehead atoms. The molecule has 1 aromatic rings. The smallest absolute Gasteiger partial charge is 0.335 e. The summed E-state index contributed by atoms with van der Waals surface area (Å²) in [6.45, 7) is 4.01. The molecule has 0 aliphatic rings. The van der Waals surface area contributed by atoms with Crippen LogP contribution in [0, 0.1) is 0 Å². The summed E-state index contributed by atoms with van der Waals surface area (Å²) in [4.78, 5) is 10.7. The predicted octanol–water partition coefficient (Wildman–Crippen LogP) is 3.36. The molecule has 0 heterocycles. The Kier molecular flexibility index (Phi) is 7.66. The molecular formula is C15H22O4. The lowest BCUT2D eigenvalue weighted by molar-refractivity contribution is 0.0696. The first-order chi connectivity index (χ1) is 9.24. The van der Waals surface area contributed by atoms with Crippen LogP contribution in [0.5, 0.6) is 5.75 Å². The summed E-state index contributed by atoms with van der Waals surface area (Å²) in [5.74, 6) is -0.262. The highest BCUT2D eigenvalue weighted by Gasteiger charge is 2.01. The fraction of sp³-hybridized carbons (Fsp3) is 0.533. The number of carbonyl (C=O) groups is 1. The summed E-state index contributed by atoms with van der Waals surface area (Å²) in [5.41, 5.74) is 0.263. The molecule has 19 heavy (non-hydrogen) atoms. The number of unbranched alkanes of at least 4 members (excludes halogenated alkanes) is 3. The predicted molar refractivity (Wildman–Crippen MR) is 73.9 cm³/mol. The zero-order chi connectivity index (χ0) is 13.9. The summed E-state index contributed by atoms with van der Waals surface area (Å²) >= 11 is 0. The third-order valence-electron chi connectivity index (χ3n) is 2.74. The second-order valence-corrected chi connectivity index (χ2v) is 4.35. The Morgan fingerprint density at radius 2 is 1.79 bits per heavy atom. The van der Waals surface area contributed by atoms with Gasteiger partial charge in [0.25, 0.3) is 0 Å². The van der Waals surface area contributed by atoms with Crippen LogP contribution >= 0.6 is 0 Å². The van der Waals surface area contributed by atoms with Crippen LogP contribution in [-0.2, 0) is 4.74 Å². The largest absolute Gasteiger partial charge is 0.491 e. The quantitative estimate of drug-likeness (QED) is 0.660. The Bertz CT molecular complexity index is 359. The highest BCUT2D eigenvalue weighted by atomic mass is 16.5. The lowest BCUT2D eigenvalue weighted by Gasteiger charge is -2.07. The molecule has 0 fully saturated rings. The molecule has 1 rings (SSSR count). The summed E-state index contributed by atoms with van der Waals surface area (Å²) in [6, 6.07) is 6.38. The maximum atomic E-state index is 10.7. The Morgan fingerprint density at radius 1 is 1.05 bits per heavy atom. The van der Waals surface area contributed by atoms with E-state index in [2.05, 4.69) is 6.92 Å². The minimum Gasteiger partial charge on any atom is -0.491 e.